The van der Waals surface area contributed by atoms with Crippen LogP contribution in [0.15, 0.2) is 76.7 Å². The Hall–Kier alpha value is -3.66. The van der Waals surface area contributed by atoms with Gasteiger partial charge < -0.3 is 9.47 Å². The van der Waals surface area contributed by atoms with Crippen LogP contribution in [0.2, 0.25) is 0 Å². The zero-order chi connectivity index (χ0) is 26.7. The Labute approximate surface area is 233 Å². The number of thiophene rings is 1. The fourth-order valence-electron chi connectivity index (χ4n) is 5.32. The van der Waals surface area contributed by atoms with Crippen molar-refractivity contribution in [2.24, 2.45) is 0 Å². The summed E-state index contributed by atoms with van der Waals surface area (Å²) in [6.45, 7) is 4.64. The zero-order valence-corrected chi connectivity index (χ0v) is 23.4. The molecular weight excluding hydrogens is 528 g/mol. The molecule has 6 aromatic rings. The molecule has 9 heteroatoms. The predicted octanol–water partition coefficient (Wildman–Crippen LogP) is 6.40. The molecule has 7 nitrogen and oxygen atoms in total. The van der Waals surface area contributed by atoms with Crippen molar-refractivity contribution in [3.8, 4) is 11.4 Å². The van der Waals surface area contributed by atoms with Gasteiger partial charge in [-0.15, -0.1) is 21.5 Å². The van der Waals surface area contributed by atoms with Crippen molar-refractivity contribution in [3.05, 3.63) is 93.1 Å². The number of thioether (sulfide) groups is 1. The second-order valence-corrected chi connectivity index (χ2v) is 12.3. The van der Waals surface area contributed by atoms with E-state index in [4.69, 9.17) is 9.47 Å². The second-order valence-electron chi connectivity index (χ2n) is 10.3. The summed E-state index contributed by atoms with van der Waals surface area (Å²) in [5.41, 5.74) is 2.59. The predicted molar refractivity (Wildman–Crippen MR) is 157 cm³/mol. The Morgan fingerprint density at radius 3 is 2.67 bits per heavy atom. The van der Waals surface area contributed by atoms with E-state index >= 15 is 0 Å². The highest BCUT2D eigenvalue weighted by Gasteiger charge is 2.32. The molecule has 7 rings (SSSR count). The first kappa shape index (κ1) is 24.4. The minimum atomic E-state index is -0.341. The van der Waals surface area contributed by atoms with E-state index in [9.17, 15) is 4.79 Å². The molecule has 0 saturated heterocycles. The molecule has 0 atom stereocenters. The first-order valence-corrected chi connectivity index (χ1v) is 14.6. The van der Waals surface area contributed by atoms with E-state index < -0.39 is 0 Å². The molecule has 0 spiro atoms. The maximum atomic E-state index is 14.2. The van der Waals surface area contributed by atoms with Crippen molar-refractivity contribution in [2.45, 2.75) is 43.4 Å². The lowest BCUT2D eigenvalue weighted by Gasteiger charge is -2.29. The lowest BCUT2D eigenvalue weighted by molar-refractivity contribution is -0.0379. The number of aromatic nitrogens is 4. The molecule has 3 aromatic heterocycles. The highest BCUT2D eigenvalue weighted by Crippen LogP contribution is 2.39. The van der Waals surface area contributed by atoms with E-state index in [-0.39, 0.29) is 11.2 Å². The smallest absolute Gasteiger partial charge is 0.268 e. The number of hydrogen-bond donors (Lipinski definition) is 0. The summed E-state index contributed by atoms with van der Waals surface area (Å²) in [5, 5.41) is 13.1. The molecular formula is C30H26N4O3S2. The summed E-state index contributed by atoms with van der Waals surface area (Å²) >= 11 is 3.24. The molecule has 0 N–H and O–H groups in total. The minimum Gasteiger partial charge on any atom is -0.497 e. The van der Waals surface area contributed by atoms with E-state index in [1.165, 1.54) is 16.3 Å². The molecule has 0 radical (unpaired) electrons. The standard InChI is InChI=1S/C30H26N4O3S2/c1-30(2)15-23-24(16-37-30)39-27-25(23)26(35)33(20-11-13-21(36-3)14-12-20)28-31-32-29(34(27)28)38-17-19-9-6-8-18-7-4-5-10-22(18)19/h4-14H,15-17H2,1-3H3. The molecule has 39 heavy (non-hydrogen) atoms. The molecule has 0 bridgehead atoms. The average molecular weight is 555 g/mol. The lowest BCUT2D eigenvalue weighted by atomic mass is 9.94. The Kier molecular flexibility index (Phi) is 5.77. The molecule has 0 fully saturated rings. The number of methoxy groups -OCH3 is 1. The summed E-state index contributed by atoms with van der Waals surface area (Å²) in [6.07, 6.45) is 0.673. The molecule has 1 aliphatic rings. The molecule has 4 heterocycles. The van der Waals surface area contributed by atoms with Gasteiger partial charge >= 0.3 is 0 Å². The van der Waals surface area contributed by atoms with Gasteiger partial charge in [0.1, 0.15) is 10.6 Å². The van der Waals surface area contributed by atoms with Crippen LogP contribution in [-0.4, -0.2) is 31.9 Å². The maximum Gasteiger partial charge on any atom is 0.268 e. The molecule has 3 aromatic carbocycles. The van der Waals surface area contributed by atoms with Crippen LogP contribution in [0.25, 0.3) is 32.5 Å². The third kappa shape index (κ3) is 4.04. The van der Waals surface area contributed by atoms with Crippen LogP contribution in [0.3, 0.4) is 0 Å². The van der Waals surface area contributed by atoms with E-state index in [2.05, 4.69) is 66.5 Å². The van der Waals surface area contributed by atoms with Gasteiger partial charge in [-0.2, -0.15) is 0 Å². The molecule has 0 aliphatic carbocycles. The number of nitrogens with zero attached hydrogens (tertiary/aromatic N) is 4. The van der Waals surface area contributed by atoms with E-state index in [0.717, 1.165) is 43.0 Å². The van der Waals surface area contributed by atoms with Gasteiger partial charge in [0.2, 0.25) is 5.78 Å². The van der Waals surface area contributed by atoms with Crippen molar-refractivity contribution in [3.63, 3.8) is 0 Å². The van der Waals surface area contributed by atoms with Gasteiger partial charge in [0.25, 0.3) is 5.56 Å². The summed E-state index contributed by atoms with van der Waals surface area (Å²) in [7, 11) is 1.63. The third-order valence-corrected chi connectivity index (χ3v) is 9.44. The quantitative estimate of drug-likeness (QED) is 0.230. The Balaban J connectivity index is 1.44. The first-order chi connectivity index (χ1) is 18.9. The van der Waals surface area contributed by atoms with Gasteiger partial charge in [-0.1, -0.05) is 54.2 Å². The molecule has 1 aliphatic heterocycles. The van der Waals surface area contributed by atoms with Gasteiger partial charge in [-0.25, -0.2) is 8.97 Å². The summed E-state index contributed by atoms with van der Waals surface area (Å²) in [5.74, 6) is 1.95. The highest BCUT2D eigenvalue weighted by atomic mass is 32.2. The molecule has 0 amide bonds. The monoisotopic (exact) mass is 554 g/mol. The molecule has 0 unspecified atom stereocenters. The molecule has 0 saturated carbocycles. The van der Waals surface area contributed by atoms with E-state index in [1.54, 1.807) is 34.8 Å². The Morgan fingerprint density at radius 1 is 1.05 bits per heavy atom. The van der Waals surface area contributed by atoms with Crippen molar-refractivity contribution >= 4 is 49.9 Å². The van der Waals surface area contributed by atoms with Crippen LogP contribution in [0.4, 0.5) is 0 Å². The highest BCUT2D eigenvalue weighted by molar-refractivity contribution is 7.98. The summed E-state index contributed by atoms with van der Waals surface area (Å²) in [6, 6.07) is 22.3. The fraction of sp³-hybridized carbons (Fsp3) is 0.233. The van der Waals surface area contributed by atoms with Gasteiger partial charge in [-0.3, -0.25) is 4.79 Å². The van der Waals surface area contributed by atoms with Crippen molar-refractivity contribution < 1.29 is 9.47 Å². The number of hydrogen-bond acceptors (Lipinski definition) is 7. The van der Waals surface area contributed by atoms with Crippen LogP contribution in [-0.2, 0) is 23.5 Å². The summed E-state index contributed by atoms with van der Waals surface area (Å²) < 4.78 is 15.2. The number of fused-ring (bicyclic) bond motifs is 6. The number of ether oxygens (including phenoxy) is 2. The van der Waals surface area contributed by atoms with Gasteiger partial charge in [0.05, 0.1) is 30.4 Å². The van der Waals surface area contributed by atoms with Crippen molar-refractivity contribution in [1.29, 1.82) is 0 Å². The third-order valence-electron chi connectivity index (χ3n) is 7.27. The van der Waals surface area contributed by atoms with Crippen LogP contribution in [0.1, 0.15) is 29.9 Å². The number of rotatable bonds is 5. The van der Waals surface area contributed by atoms with Crippen molar-refractivity contribution in [2.75, 3.05) is 7.11 Å². The van der Waals surface area contributed by atoms with Crippen LogP contribution in [0, 0.1) is 0 Å². The zero-order valence-electron chi connectivity index (χ0n) is 21.8. The second kappa shape index (κ2) is 9.22. The fourth-order valence-corrected chi connectivity index (χ4v) is 7.54. The van der Waals surface area contributed by atoms with Crippen LogP contribution in [0.5, 0.6) is 5.75 Å². The van der Waals surface area contributed by atoms with E-state index in [0.29, 0.717) is 18.8 Å². The van der Waals surface area contributed by atoms with E-state index in [1.807, 2.05) is 28.7 Å². The largest absolute Gasteiger partial charge is 0.497 e. The SMILES string of the molecule is COc1ccc(-n2c(=O)c3c4c(sc3n3c(SCc5cccc6ccccc56)nnc23)COC(C)(C)C4)cc1. The topological polar surface area (TPSA) is 70.7 Å². The first-order valence-electron chi connectivity index (χ1n) is 12.8. The lowest BCUT2D eigenvalue weighted by Crippen LogP contribution is -2.32. The normalized spacial score (nSPS) is 14.7. The average Bonchev–Trinajstić information content (AvgIpc) is 3.53. The van der Waals surface area contributed by atoms with Gasteiger partial charge in [-0.05, 0) is 60.0 Å². The van der Waals surface area contributed by atoms with Crippen LogP contribution >= 0.6 is 23.1 Å². The summed E-state index contributed by atoms with van der Waals surface area (Å²) in [4.78, 5) is 16.1. The van der Waals surface area contributed by atoms with Crippen LogP contribution < -0.4 is 10.3 Å². The molecule has 196 valence electrons. The maximum absolute atomic E-state index is 14.2. The Morgan fingerprint density at radius 2 is 1.85 bits per heavy atom. The number of benzene rings is 3. The van der Waals surface area contributed by atoms with Gasteiger partial charge in [0.15, 0.2) is 5.16 Å². The Bertz CT molecular complexity index is 1930. The minimum absolute atomic E-state index is 0.0872. The van der Waals surface area contributed by atoms with Gasteiger partial charge in [0, 0.05) is 17.1 Å². The van der Waals surface area contributed by atoms with Crippen molar-refractivity contribution in [1.82, 2.24) is 19.2 Å².